The van der Waals surface area contributed by atoms with E-state index in [1.807, 2.05) is 0 Å². The first-order valence-electron chi connectivity index (χ1n) is 6.64. The van der Waals surface area contributed by atoms with Crippen molar-refractivity contribution in [3.05, 3.63) is 47.2 Å². The van der Waals surface area contributed by atoms with Crippen LogP contribution < -0.4 is 10.0 Å². The maximum atomic E-state index is 12.2. The van der Waals surface area contributed by atoms with Gasteiger partial charge in [0.2, 0.25) is 5.09 Å². The average molecular weight is 327 g/mol. The van der Waals surface area contributed by atoms with Crippen LogP contribution in [0, 0.1) is 0 Å². The standard InChI is InChI=1S/C14H15ClN2O3S/c15-12-3-1-2-4-13(12)17-21(18,19)14-8-7-11(20-14)9-16-10-5-6-10/h1-4,7-8,10,16-17H,5-6,9H2. The van der Waals surface area contributed by atoms with E-state index in [0.717, 1.165) is 0 Å². The minimum Gasteiger partial charge on any atom is -0.446 e. The second kappa shape index (κ2) is 5.71. The molecular formula is C14H15ClN2O3S. The summed E-state index contributed by atoms with van der Waals surface area (Å²) in [5.74, 6) is 0.599. The van der Waals surface area contributed by atoms with Crippen molar-refractivity contribution in [3.63, 3.8) is 0 Å². The van der Waals surface area contributed by atoms with Crippen LogP contribution in [0.4, 0.5) is 5.69 Å². The van der Waals surface area contributed by atoms with E-state index in [9.17, 15) is 8.42 Å². The molecule has 3 rings (SSSR count). The summed E-state index contributed by atoms with van der Waals surface area (Å²) in [6.45, 7) is 0.534. The second-order valence-electron chi connectivity index (χ2n) is 4.96. The lowest BCUT2D eigenvalue weighted by molar-refractivity contribution is 0.403. The Kier molecular flexibility index (Phi) is 3.93. The number of anilines is 1. The molecule has 0 atom stereocenters. The van der Waals surface area contributed by atoms with Crippen LogP contribution in [0.25, 0.3) is 0 Å². The summed E-state index contributed by atoms with van der Waals surface area (Å²) in [6.07, 6.45) is 2.33. The van der Waals surface area contributed by atoms with Gasteiger partial charge in [0.1, 0.15) is 5.76 Å². The molecule has 7 heteroatoms. The fourth-order valence-corrected chi connectivity index (χ4v) is 3.14. The number of sulfonamides is 1. The molecule has 2 N–H and O–H groups in total. The third-order valence-electron chi connectivity index (χ3n) is 3.16. The van der Waals surface area contributed by atoms with E-state index in [0.29, 0.717) is 29.1 Å². The van der Waals surface area contributed by atoms with Gasteiger partial charge >= 0.3 is 0 Å². The van der Waals surface area contributed by atoms with Crippen LogP contribution in [0.3, 0.4) is 0 Å². The molecule has 0 spiro atoms. The number of furan rings is 1. The molecule has 0 bridgehead atoms. The Morgan fingerprint density at radius 3 is 2.67 bits per heavy atom. The number of nitrogens with one attached hydrogen (secondary N) is 2. The van der Waals surface area contributed by atoms with E-state index in [4.69, 9.17) is 16.0 Å². The first-order chi connectivity index (χ1) is 10.0. The summed E-state index contributed by atoms with van der Waals surface area (Å²) in [5, 5.41) is 3.49. The highest BCUT2D eigenvalue weighted by Crippen LogP contribution is 2.25. The summed E-state index contributed by atoms with van der Waals surface area (Å²) in [6, 6.07) is 10.3. The Morgan fingerprint density at radius 2 is 1.95 bits per heavy atom. The lowest BCUT2D eigenvalue weighted by atomic mass is 10.3. The van der Waals surface area contributed by atoms with Gasteiger partial charge in [-0.3, -0.25) is 4.72 Å². The molecule has 112 valence electrons. The molecule has 1 fully saturated rings. The molecule has 5 nitrogen and oxygen atoms in total. The molecule has 21 heavy (non-hydrogen) atoms. The monoisotopic (exact) mass is 326 g/mol. The quantitative estimate of drug-likeness (QED) is 0.856. The van der Waals surface area contributed by atoms with E-state index < -0.39 is 10.0 Å². The van der Waals surface area contributed by atoms with Crippen LogP contribution in [0.5, 0.6) is 0 Å². The van der Waals surface area contributed by atoms with E-state index >= 15 is 0 Å². The Balaban J connectivity index is 1.73. The Bertz CT molecular complexity index is 738. The number of hydrogen-bond donors (Lipinski definition) is 2. The van der Waals surface area contributed by atoms with Crippen LogP contribution in [0.15, 0.2) is 45.9 Å². The van der Waals surface area contributed by atoms with Gasteiger partial charge in [0.05, 0.1) is 17.3 Å². The maximum absolute atomic E-state index is 12.2. The first kappa shape index (κ1) is 14.4. The Hall–Kier alpha value is -1.50. The Morgan fingerprint density at radius 1 is 1.19 bits per heavy atom. The van der Waals surface area contributed by atoms with Crippen LogP contribution in [0.2, 0.25) is 5.02 Å². The Labute approximate surface area is 128 Å². The molecule has 1 aromatic heterocycles. The van der Waals surface area contributed by atoms with Crippen LogP contribution in [-0.2, 0) is 16.6 Å². The van der Waals surface area contributed by atoms with E-state index in [1.54, 1.807) is 30.3 Å². The summed E-state index contributed by atoms with van der Waals surface area (Å²) in [4.78, 5) is 0. The molecule has 1 heterocycles. The molecule has 1 aliphatic rings. The van der Waals surface area contributed by atoms with Gasteiger partial charge in [-0.25, -0.2) is 0 Å². The van der Waals surface area contributed by atoms with Gasteiger partial charge in [0.25, 0.3) is 10.0 Å². The highest BCUT2D eigenvalue weighted by molar-refractivity contribution is 7.92. The highest BCUT2D eigenvalue weighted by Gasteiger charge is 2.22. The van der Waals surface area contributed by atoms with Crippen molar-refractivity contribution in [2.75, 3.05) is 4.72 Å². The summed E-state index contributed by atoms with van der Waals surface area (Å²) in [5.41, 5.74) is 0.327. The number of hydrogen-bond acceptors (Lipinski definition) is 4. The van der Waals surface area contributed by atoms with Crippen molar-refractivity contribution in [2.45, 2.75) is 30.5 Å². The molecule has 0 radical (unpaired) electrons. The highest BCUT2D eigenvalue weighted by atomic mass is 35.5. The first-order valence-corrected chi connectivity index (χ1v) is 8.50. The lowest BCUT2D eigenvalue weighted by Crippen LogP contribution is -2.15. The molecule has 0 amide bonds. The van der Waals surface area contributed by atoms with E-state index in [1.165, 1.54) is 18.9 Å². The van der Waals surface area contributed by atoms with Crippen molar-refractivity contribution in [3.8, 4) is 0 Å². The van der Waals surface area contributed by atoms with Crippen molar-refractivity contribution in [2.24, 2.45) is 0 Å². The van der Waals surface area contributed by atoms with Crippen LogP contribution in [-0.4, -0.2) is 14.5 Å². The molecule has 1 aromatic carbocycles. The number of rotatable bonds is 6. The topological polar surface area (TPSA) is 71.3 Å². The number of benzene rings is 1. The second-order valence-corrected chi connectivity index (χ2v) is 6.98. The summed E-state index contributed by atoms with van der Waals surface area (Å²) in [7, 11) is -3.77. The van der Waals surface area contributed by atoms with Crippen LogP contribution in [0.1, 0.15) is 18.6 Å². The SMILES string of the molecule is O=S(=O)(Nc1ccccc1Cl)c1ccc(CNC2CC2)o1. The molecular weight excluding hydrogens is 312 g/mol. The molecule has 1 saturated carbocycles. The maximum Gasteiger partial charge on any atom is 0.295 e. The van der Waals surface area contributed by atoms with Crippen molar-refractivity contribution in [1.82, 2.24) is 5.32 Å². The fourth-order valence-electron chi connectivity index (χ4n) is 1.87. The van der Waals surface area contributed by atoms with E-state index in [-0.39, 0.29) is 5.09 Å². The third-order valence-corrected chi connectivity index (χ3v) is 4.73. The largest absolute Gasteiger partial charge is 0.446 e. The van der Waals surface area contributed by atoms with Gasteiger partial charge in [0.15, 0.2) is 0 Å². The zero-order chi connectivity index (χ0) is 14.9. The minimum absolute atomic E-state index is 0.116. The molecule has 1 aliphatic carbocycles. The predicted molar refractivity (Wildman–Crippen MR) is 80.8 cm³/mol. The van der Waals surface area contributed by atoms with Crippen molar-refractivity contribution < 1.29 is 12.8 Å². The minimum atomic E-state index is -3.77. The average Bonchev–Trinajstić information content (AvgIpc) is 3.15. The normalized spacial score (nSPS) is 15.1. The van der Waals surface area contributed by atoms with Gasteiger partial charge < -0.3 is 9.73 Å². The van der Waals surface area contributed by atoms with Crippen LogP contribution >= 0.6 is 11.6 Å². The molecule has 0 saturated heterocycles. The zero-order valence-corrected chi connectivity index (χ0v) is 12.7. The number of para-hydroxylation sites is 1. The summed E-state index contributed by atoms with van der Waals surface area (Å²) < 4.78 is 32.3. The van der Waals surface area contributed by atoms with Gasteiger partial charge in [-0.15, -0.1) is 0 Å². The molecule has 0 unspecified atom stereocenters. The van der Waals surface area contributed by atoms with Gasteiger partial charge in [-0.05, 0) is 37.1 Å². The summed E-state index contributed by atoms with van der Waals surface area (Å²) >= 11 is 5.95. The van der Waals surface area contributed by atoms with Gasteiger partial charge in [-0.1, -0.05) is 23.7 Å². The van der Waals surface area contributed by atoms with Gasteiger partial charge in [0, 0.05) is 6.04 Å². The molecule has 2 aromatic rings. The van der Waals surface area contributed by atoms with E-state index in [2.05, 4.69) is 10.0 Å². The number of halogens is 1. The lowest BCUT2D eigenvalue weighted by Gasteiger charge is -2.07. The molecule has 0 aliphatic heterocycles. The smallest absolute Gasteiger partial charge is 0.295 e. The fraction of sp³-hybridized carbons (Fsp3) is 0.286. The predicted octanol–water partition coefficient (Wildman–Crippen LogP) is 2.99. The third kappa shape index (κ3) is 3.58. The van der Waals surface area contributed by atoms with Crippen molar-refractivity contribution in [1.29, 1.82) is 0 Å². The van der Waals surface area contributed by atoms with Gasteiger partial charge in [-0.2, -0.15) is 8.42 Å². The zero-order valence-electron chi connectivity index (χ0n) is 11.2. The van der Waals surface area contributed by atoms with Crippen molar-refractivity contribution >= 4 is 27.3 Å².